The van der Waals surface area contributed by atoms with Crippen LogP contribution in [0.15, 0.2) is 0 Å². The summed E-state index contributed by atoms with van der Waals surface area (Å²) >= 11 is 4.06. The molecule has 7 heteroatoms. The zero-order valence-corrected chi connectivity index (χ0v) is 5.61. The van der Waals surface area contributed by atoms with E-state index in [4.69, 9.17) is 0 Å². The zero-order valence-electron chi connectivity index (χ0n) is 4.85. The molecule has 0 amide bonds. The first-order valence-electron chi connectivity index (χ1n) is 2.18. The van der Waals surface area contributed by atoms with Crippen molar-refractivity contribution in [1.82, 2.24) is 0 Å². The highest BCUT2D eigenvalue weighted by atomic mass is 35.5. The van der Waals surface area contributed by atoms with E-state index in [1.807, 2.05) is 6.92 Å². The summed E-state index contributed by atoms with van der Waals surface area (Å²) in [7, 11) is 0. The molecule has 0 bridgehead atoms. The fraction of sp³-hybridized carbons (Fsp3) is 0.750. The molecule has 1 atom stereocenters. The molecule has 0 aliphatic heterocycles. The average Bonchev–Trinajstić information content (AvgIpc) is 1.58. The molecule has 1 radical (unpaired) electrons. The van der Waals surface area contributed by atoms with Crippen LogP contribution in [0.5, 0.6) is 0 Å². The Hall–Kier alpha value is -0.130. The summed E-state index contributed by atoms with van der Waals surface area (Å²) in [4.78, 5) is 0. The fourth-order valence-electron chi connectivity index (χ4n) is 0.207. The average molecular weight is 200 g/mol. The molecule has 0 fully saturated rings. The monoisotopic (exact) mass is 199 g/mol. The molecule has 0 heterocycles. The van der Waals surface area contributed by atoms with E-state index in [-0.39, 0.29) is 0 Å². The Balaban J connectivity index is 4.75. The van der Waals surface area contributed by atoms with Crippen molar-refractivity contribution in [3.8, 4) is 0 Å². The van der Waals surface area contributed by atoms with Crippen molar-refractivity contribution in [2.75, 3.05) is 0 Å². The zero-order chi connectivity index (χ0) is 9.50. The van der Waals surface area contributed by atoms with Gasteiger partial charge in [-0.15, -0.1) is 0 Å². The molecule has 1 unspecified atom stereocenters. The van der Waals surface area contributed by atoms with Crippen LogP contribution < -0.4 is 0 Å². The highest BCUT2D eigenvalue weighted by molar-refractivity contribution is 6.24. The lowest BCUT2D eigenvalue weighted by atomic mass is 10.2. The molecule has 0 aromatic rings. The van der Waals surface area contributed by atoms with Gasteiger partial charge >= 0.3 is 12.1 Å². The van der Waals surface area contributed by atoms with Gasteiger partial charge in [0.2, 0.25) is 0 Å². The third-order valence-corrected chi connectivity index (χ3v) is 1.05. The number of hydrogen-bond donors (Lipinski definition) is 0. The van der Waals surface area contributed by atoms with Crippen molar-refractivity contribution < 1.29 is 26.3 Å². The number of hydrogen-bond acceptors (Lipinski definition) is 0. The largest absolute Gasteiger partial charge is 0.458 e. The van der Waals surface area contributed by atoms with Crippen LogP contribution in [0.3, 0.4) is 0 Å². The quantitative estimate of drug-likeness (QED) is 0.450. The van der Waals surface area contributed by atoms with Gasteiger partial charge in [0, 0.05) is 6.92 Å². The predicted molar refractivity (Wildman–Crippen MR) is 26.1 cm³/mol. The van der Waals surface area contributed by atoms with Crippen LogP contribution in [-0.2, 0) is 0 Å². The second-order valence-electron chi connectivity index (χ2n) is 1.78. The molecule has 0 N–H and O–H groups in total. The highest BCUT2D eigenvalue weighted by Gasteiger charge is 2.69. The van der Waals surface area contributed by atoms with Crippen LogP contribution in [0.25, 0.3) is 0 Å². The van der Waals surface area contributed by atoms with E-state index >= 15 is 0 Å². The van der Waals surface area contributed by atoms with E-state index in [0.29, 0.717) is 0 Å². The molecule has 0 aromatic carbocycles. The second-order valence-corrected chi connectivity index (χ2v) is 2.38. The van der Waals surface area contributed by atoms with Crippen LogP contribution in [0, 0.1) is 6.92 Å². The third-order valence-electron chi connectivity index (χ3n) is 0.815. The van der Waals surface area contributed by atoms with Crippen LogP contribution in [0.4, 0.5) is 26.3 Å². The maximum atomic E-state index is 11.8. The summed E-state index contributed by atoms with van der Waals surface area (Å²) in [5.74, 6) is -5.64. The normalized spacial score (nSPS) is 19.6. The standard InChI is InChI=1S/C4H2ClF6/c1-2(5,6)3(7,8)4(9,10)11/h1H2. The highest BCUT2D eigenvalue weighted by Crippen LogP contribution is 2.46. The molecule has 0 rings (SSSR count). The lowest BCUT2D eigenvalue weighted by molar-refractivity contribution is -0.305. The van der Waals surface area contributed by atoms with Gasteiger partial charge in [0.25, 0.3) is 5.13 Å². The van der Waals surface area contributed by atoms with E-state index < -0.39 is 17.2 Å². The Morgan fingerprint density at radius 1 is 0.909 bits per heavy atom. The Bertz CT molecular complexity index is 126. The second kappa shape index (κ2) is 2.43. The van der Waals surface area contributed by atoms with E-state index in [9.17, 15) is 26.3 Å². The van der Waals surface area contributed by atoms with Gasteiger partial charge in [0.1, 0.15) is 0 Å². The van der Waals surface area contributed by atoms with Crippen LogP contribution in [-0.4, -0.2) is 17.2 Å². The maximum absolute atomic E-state index is 11.8. The Morgan fingerprint density at radius 2 is 1.18 bits per heavy atom. The molecule has 0 saturated carbocycles. The molecule has 0 aliphatic rings. The molecule has 0 saturated heterocycles. The number of halogens is 7. The Labute approximate surface area is 63.1 Å². The molecule has 0 aliphatic carbocycles. The van der Waals surface area contributed by atoms with E-state index in [1.165, 1.54) is 0 Å². The lowest BCUT2D eigenvalue weighted by Crippen LogP contribution is -2.49. The van der Waals surface area contributed by atoms with Gasteiger partial charge in [-0.05, 0) is 0 Å². The lowest BCUT2D eigenvalue weighted by Gasteiger charge is -2.25. The number of alkyl halides is 7. The van der Waals surface area contributed by atoms with E-state index in [1.54, 1.807) is 0 Å². The van der Waals surface area contributed by atoms with Crippen LogP contribution >= 0.6 is 11.6 Å². The van der Waals surface area contributed by atoms with E-state index in [2.05, 4.69) is 11.6 Å². The molecule has 0 nitrogen and oxygen atoms in total. The molecular weight excluding hydrogens is 197 g/mol. The maximum Gasteiger partial charge on any atom is 0.458 e. The van der Waals surface area contributed by atoms with Gasteiger partial charge < -0.3 is 0 Å². The fourth-order valence-corrected chi connectivity index (χ4v) is 0.315. The van der Waals surface area contributed by atoms with Crippen molar-refractivity contribution in [2.24, 2.45) is 0 Å². The molecule has 0 spiro atoms. The Morgan fingerprint density at radius 3 is 1.18 bits per heavy atom. The molecular formula is C4H2ClF6. The predicted octanol–water partition coefficient (Wildman–Crippen LogP) is 2.92. The summed E-state index contributed by atoms with van der Waals surface area (Å²) < 4.78 is 69.0. The van der Waals surface area contributed by atoms with Crippen LogP contribution in [0.1, 0.15) is 0 Å². The molecule has 67 valence electrons. The van der Waals surface area contributed by atoms with Crippen molar-refractivity contribution in [3.05, 3.63) is 6.92 Å². The Kier molecular flexibility index (Phi) is 2.40. The van der Waals surface area contributed by atoms with Gasteiger partial charge in [-0.2, -0.15) is 22.0 Å². The summed E-state index contributed by atoms with van der Waals surface area (Å²) in [6.07, 6.45) is -6.02. The first-order chi connectivity index (χ1) is 4.50. The first-order valence-corrected chi connectivity index (χ1v) is 2.55. The summed E-state index contributed by atoms with van der Waals surface area (Å²) in [5.41, 5.74) is 0. The van der Waals surface area contributed by atoms with Crippen molar-refractivity contribution in [2.45, 2.75) is 17.2 Å². The van der Waals surface area contributed by atoms with Gasteiger partial charge in [-0.1, -0.05) is 11.6 Å². The van der Waals surface area contributed by atoms with Crippen molar-refractivity contribution in [3.63, 3.8) is 0 Å². The minimum Gasteiger partial charge on any atom is -0.219 e. The minimum absolute atomic E-state index is 1.84. The smallest absolute Gasteiger partial charge is 0.219 e. The van der Waals surface area contributed by atoms with Gasteiger partial charge in [-0.3, -0.25) is 0 Å². The molecule has 0 aromatic heterocycles. The van der Waals surface area contributed by atoms with E-state index in [0.717, 1.165) is 0 Å². The SMILES string of the molecule is [CH2]C(F)(Cl)C(F)(F)C(F)(F)F. The summed E-state index contributed by atoms with van der Waals surface area (Å²) in [6.45, 7) is 1.84. The third kappa shape index (κ3) is 1.91. The summed E-state index contributed by atoms with van der Waals surface area (Å²) in [6, 6.07) is 0. The van der Waals surface area contributed by atoms with Crippen molar-refractivity contribution in [1.29, 1.82) is 0 Å². The van der Waals surface area contributed by atoms with Gasteiger partial charge in [0.05, 0.1) is 0 Å². The van der Waals surface area contributed by atoms with Crippen molar-refractivity contribution >= 4 is 11.6 Å². The first kappa shape index (κ1) is 10.9. The van der Waals surface area contributed by atoms with Crippen LogP contribution in [0.2, 0.25) is 0 Å². The topological polar surface area (TPSA) is 0 Å². The molecule has 11 heavy (non-hydrogen) atoms. The number of rotatable bonds is 1. The minimum atomic E-state index is -6.02. The van der Waals surface area contributed by atoms with Gasteiger partial charge in [-0.25, -0.2) is 4.39 Å². The van der Waals surface area contributed by atoms with Gasteiger partial charge in [0.15, 0.2) is 0 Å². The summed E-state index contributed by atoms with van der Waals surface area (Å²) in [5, 5.41) is -4.36.